The maximum Gasteiger partial charge on any atom is 0.115 e. The van der Waals surface area contributed by atoms with E-state index in [1.54, 1.807) is 0 Å². The molecule has 2 fully saturated rings. The fraction of sp³-hybridized carbons (Fsp3) is 0.619. The monoisotopic (exact) mass is 438 g/mol. The van der Waals surface area contributed by atoms with Gasteiger partial charge in [-0.15, -0.1) is 0 Å². The molecule has 1 aromatic rings. The molecule has 0 aromatic heterocycles. The molecule has 0 bridgehead atoms. The van der Waals surface area contributed by atoms with Gasteiger partial charge in [0, 0.05) is 5.41 Å². The highest BCUT2D eigenvalue weighted by Gasteiger charge is 2.62. The molecule has 0 aliphatic heterocycles. The van der Waals surface area contributed by atoms with E-state index in [1.807, 2.05) is 16.2 Å². The topological polar surface area (TPSA) is 40.5 Å². The van der Waals surface area contributed by atoms with Crippen molar-refractivity contribution in [2.45, 2.75) is 57.5 Å². The summed E-state index contributed by atoms with van der Waals surface area (Å²) in [4.78, 5) is 0. The Hall–Kier alpha value is -0.550. The number of phenols is 1. The van der Waals surface area contributed by atoms with E-state index in [1.165, 1.54) is 17.5 Å². The summed E-state index contributed by atoms with van der Waals surface area (Å²) in [5.74, 6) is 2.79. The van der Waals surface area contributed by atoms with Crippen LogP contribution < -0.4 is 0 Å². The molecule has 0 radical (unpaired) electrons. The molecule has 6 atom stereocenters. The van der Waals surface area contributed by atoms with Gasteiger partial charge in [-0.1, -0.05) is 42.5 Å². The van der Waals surface area contributed by atoms with Gasteiger partial charge < -0.3 is 10.2 Å². The molecule has 2 N–H and O–H groups in total. The number of hydrogen-bond donors (Lipinski definition) is 2. The Morgan fingerprint density at radius 1 is 1.29 bits per heavy atom. The van der Waals surface area contributed by atoms with Crippen LogP contribution in [0.3, 0.4) is 0 Å². The third kappa shape index (κ3) is 2.23. The van der Waals surface area contributed by atoms with Gasteiger partial charge in [-0.05, 0) is 89.2 Å². The second-order valence-corrected chi connectivity index (χ2v) is 9.29. The van der Waals surface area contributed by atoms with E-state index >= 15 is 0 Å². The number of aryl methyl sites for hydroxylation is 1. The van der Waals surface area contributed by atoms with Crippen LogP contribution in [0.1, 0.15) is 56.6 Å². The van der Waals surface area contributed by atoms with E-state index in [-0.39, 0.29) is 5.41 Å². The highest BCUT2D eigenvalue weighted by atomic mass is 127. The molecule has 1 aromatic carbocycles. The van der Waals surface area contributed by atoms with E-state index in [0.29, 0.717) is 29.4 Å². The van der Waals surface area contributed by atoms with Crippen LogP contribution in [-0.2, 0) is 6.42 Å². The molecule has 24 heavy (non-hydrogen) atoms. The van der Waals surface area contributed by atoms with Gasteiger partial charge >= 0.3 is 0 Å². The molecule has 0 saturated heterocycles. The second kappa shape index (κ2) is 5.73. The average Bonchev–Trinajstić information content (AvgIpc) is 2.78. The number of rotatable bonds is 1. The van der Waals surface area contributed by atoms with Crippen LogP contribution in [0.2, 0.25) is 0 Å². The molecule has 3 heteroatoms. The number of phenolic OH excluding ortho intramolecular Hbond substituents is 1. The van der Waals surface area contributed by atoms with Gasteiger partial charge in [0.1, 0.15) is 5.75 Å². The van der Waals surface area contributed by atoms with Crippen molar-refractivity contribution in [1.82, 2.24) is 0 Å². The summed E-state index contributed by atoms with van der Waals surface area (Å²) in [5.41, 5.74) is 2.14. The Morgan fingerprint density at radius 2 is 2.08 bits per heavy atom. The van der Waals surface area contributed by atoms with Crippen LogP contribution in [0.25, 0.3) is 0 Å². The molecular weight excluding hydrogens is 411 g/mol. The van der Waals surface area contributed by atoms with E-state index in [0.717, 1.165) is 25.7 Å². The third-order valence-electron chi connectivity index (χ3n) is 7.55. The van der Waals surface area contributed by atoms with Gasteiger partial charge in [0.2, 0.25) is 0 Å². The summed E-state index contributed by atoms with van der Waals surface area (Å²) in [6, 6.07) is 5.98. The molecular formula is C21H27IO2. The molecule has 130 valence electrons. The Kier molecular flexibility index (Phi) is 4.03. The zero-order valence-corrected chi connectivity index (χ0v) is 16.7. The maximum absolute atomic E-state index is 11.4. The molecule has 0 amide bonds. The van der Waals surface area contributed by atoms with Crippen LogP contribution in [-0.4, -0.2) is 15.8 Å². The van der Waals surface area contributed by atoms with Crippen molar-refractivity contribution < 1.29 is 10.2 Å². The number of halogens is 1. The minimum Gasteiger partial charge on any atom is -0.508 e. The van der Waals surface area contributed by atoms with Crippen LogP contribution in [0, 0.1) is 23.2 Å². The number of hydrogen-bond acceptors (Lipinski definition) is 2. The highest BCUT2D eigenvalue weighted by molar-refractivity contribution is 14.1. The van der Waals surface area contributed by atoms with E-state index < -0.39 is 5.60 Å². The van der Waals surface area contributed by atoms with Gasteiger partial charge in [0.05, 0.1) is 5.60 Å². The predicted octanol–water partition coefficient (Wildman–Crippen LogP) is 5.17. The highest BCUT2D eigenvalue weighted by Crippen LogP contribution is 2.66. The van der Waals surface area contributed by atoms with Crippen LogP contribution in [0.5, 0.6) is 5.75 Å². The molecule has 3 aliphatic carbocycles. The first-order valence-corrected chi connectivity index (χ1v) is 10.5. The average molecular weight is 438 g/mol. The summed E-state index contributed by atoms with van der Waals surface area (Å²) < 4.78 is 2.00. The van der Waals surface area contributed by atoms with Crippen molar-refractivity contribution in [2.24, 2.45) is 23.2 Å². The van der Waals surface area contributed by atoms with Gasteiger partial charge in [-0.2, -0.15) is 0 Å². The van der Waals surface area contributed by atoms with Crippen molar-refractivity contribution in [3.8, 4) is 5.75 Å². The van der Waals surface area contributed by atoms with Gasteiger partial charge in [-0.25, -0.2) is 0 Å². The van der Waals surface area contributed by atoms with Crippen molar-refractivity contribution in [1.29, 1.82) is 0 Å². The van der Waals surface area contributed by atoms with Gasteiger partial charge in [-0.3, -0.25) is 0 Å². The fourth-order valence-electron chi connectivity index (χ4n) is 6.54. The predicted molar refractivity (Wildman–Crippen MR) is 105 cm³/mol. The molecule has 3 unspecified atom stereocenters. The smallest absolute Gasteiger partial charge is 0.115 e. The van der Waals surface area contributed by atoms with Crippen molar-refractivity contribution in [3.05, 3.63) is 39.5 Å². The Balaban J connectivity index is 1.75. The SMILES string of the molecule is C[C@H]1C[C@@]2(C)C(CC[C@@]2(O)/C=C\I)C2CCc3cc(O)ccc3C21. The van der Waals surface area contributed by atoms with Gasteiger partial charge in [0.25, 0.3) is 0 Å². The molecule has 0 spiro atoms. The van der Waals surface area contributed by atoms with Gasteiger partial charge in [0.15, 0.2) is 0 Å². The molecule has 4 rings (SSSR count). The maximum atomic E-state index is 11.4. The molecule has 0 heterocycles. The van der Waals surface area contributed by atoms with Crippen LogP contribution >= 0.6 is 22.6 Å². The molecule has 3 aliphatic rings. The minimum absolute atomic E-state index is 0.0102. The first-order chi connectivity index (χ1) is 11.4. The standard InChI is InChI=1S/C21H27IO2/c1-13-12-20(2)18(7-8-21(20,24)9-10-22)17-5-3-14-11-15(23)4-6-16(14)19(13)17/h4,6,9-11,13,17-19,23-24H,3,5,7-8,12H2,1-2H3/b10-9-/t13-,17?,18?,19?,20-,21+/m0/s1. The Bertz CT molecular complexity index is 684. The van der Waals surface area contributed by atoms with Crippen molar-refractivity contribution >= 4 is 22.6 Å². The van der Waals surface area contributed by atoms with Crippen molar-refractivity contribution in [2.75, 3.05) is 0 Å². The van der Waals surface area contributed by atoms with E-state index in [2.05, 4.69) is 48.6 Å². The summed E-state index contributed by atoms with van der Waals surface area (Å²) >= 11 is 2.24. The first kappa shape index (κ1) is 16.9. The normalized spacial score (nSPS) is 44.2. The zero-order chi connectivity index (χ0) is 17.1. The first-order valence-electron chi connectivity index (χ1n) is 9.22. The minimum atomic E-state index is -0.646. The third-order valence-corrected chi connectivity index (χ3v) is 7.91. The molecule has 2 nitrogen and oxygen atoms in total. The largest absolute Gasteiger partial charge is 0.508 e. The molecule has 2 saturated carbocycles. The van der Waals surface area contributed by atoms with Crippen molar-refractivity contribution in [3.63, 3.8) is 0 Å². The quantitative estimate of drug-likeness (QED) is 0.594. The number of fused-ring (bicyclic) bond motifs is 5. The number of aliphatic hydroxyl groups is 1. The lowest BCUT2D eigenvalue weighted by Crippen LogP contribution is -2.52. The summed E-state index contributed by atoms with van der Waals surface area (Å²) in [6.07, 6.45) is 7.41. The zero-order valence-electron chi connectivity index (χ0n) is 14.5. The Morgan fingerprint density at radius 3 is 2.83 bits per heavy atom. The number of aromatic hydroxyl groups is 1. The van der Waals surface area contributed by atoms with E-state index in [4.69, 9.17) is 0 Å². The lowest BCUT2D eigenvalue weighted by Gasteiger charge is -2.55. The van der Waals surface area contributed by atoms with Crippen LogP contribution in [0.15, 0.2) is 28.4 Å². The fourth-order valence-corrected chi connectivity index (χ4v) is 7.13. The summed E-state index contributed by atoms with van der Waals surface area (Å²) in [6.45, 7) is 4.70. The lowest BCUT2D eigenvalue weighted by molar-refractivity contribution is -0.0866. The Labute approximate surface area is 158 Å². The second-order valence-electron chi connectivity index (χ2n) is 8.57. The lowest BCUT2D eigenvalue weighted by atomic mass is 9.50. The summed E-state index contributed by atoms with van der Waals surface area (Å²) in [5, 5.41) is 21.2. The number of benzene rings is 1. The summed E-state index contributed by atoms with van der Waals surface area (Å²) in [7, 11) is 0. The van der Waals surface area contributed by atoms with Crippen LogP contribution in [0.4, 0.5) is 0 Å². The van der Waals surface area contributed by atoms with E-state index in [9.17, 15) is 10.2 Å².